The van der Waals surface area contributed by atoms with E-state index in [0.717, 1.165) is 17.6 Å². The van der Waals surface area contributed by atoms with Crippen molar-refractivity contribution in [2.24, 2.45) is 0 Å². The summed E-state index contributed by atoms with van der Waals surface area (Å²) in [5, 5.41) is 0.904. The predicted octanol–water partition coefficient (Wildman–Crippen LogP) is 4.14. The fourth-order valence-electron chi connectivity index (χ4n) is 2.18. The van der Waals surface area contributed by atoms with Crippen LogP contribution in [0.1, 0.15) is 11.1 Å². The molecule has 0 saturated heterocycles. The number of thiazole rings is 1. The summed E-state index contributed by atoms with van der Waals surface area (Å²) in [6, 6.07) is 14.9. The molecule has 0 fully saturated rings. The highest BCUT2D eigenvalue weighted by molar-refractivity contribution is 9.08. The maximum absolute atomic E-state index is 5.27. The zero-order chi connectivity index (χ0) is 13.9. The Morgan fingerprint density at radius 3 is 2.55 bits per heavy atom. The highest BCUT2D eigenvalue weighted by atomic mass is 79.9. The van der Waals surface area contributed by atoms with Crippen molar-refractivity contribution in [3.63, 3.8) is 0 Å². The van der Waals surface area contributed by atoms with Gasteiger partial charge in [0.05, 0.1) is 7.11 Å². The summed E-state index contributed by atoms with van der Waals surface area (Å²) in [4.78, 5) is 0. The van der Waals surface area contributed by atoms with E-state index < -0.39 is 0 Å². The van der Waals surface area contributed by atoms with Gasteiger partial charge in [-0.15, -0.1) is 0 Å². The molecule has 0 aliphatic rings. The molecule has 4 heteroatoms. The number of rotatable bonds is 4. The first-order valence-electron chi connectivity index (χ1n) is 6.38. The monoisotopic (exact) mass is 348 g/mol. The van der Waals surface area contributed by atoms with Gasteiger partial charge in [-0.2, -0.15) is 4.57 Å². The van der Waals surface area contributed by atoms with Crippen molar-refractivity contribution in [3.05, 3.63) is 59.1 Å². The van der Waals surface area contributed by atoms with Gasteiger partial charge in [-0.25, -0.2) is 0 Å². The molecule has 0 bridgehead atoms. The number of hydrogen-bond acceptors (Lipinski definition) is 2. The fourth-order valence-corrected chi connectivity index (χ4v) is 3.48. The normalized spacial score (nSPS) is 10.9. The van der Waals surface area contributed by atoms with Gasteiger partial charge in [0.15, 0.2) is 6.54 Å². The van der Waals surface area contributed by atoms with Gasteiger partial charge in [-0.05, 0) is 11.6 Å². The van der Waals surface area contributed by atoms with Crippen LogP contribution in [-0.2, 0) is 11.9 Å². The van der Waals surface area contributed by atoms with Gasteiger partial charge >= 0.3 is 0 Å². The maximum atomic E-state index is 5.27. The second-order valence-electron chi connectivity index (χ2n) is 4.63. The predicted molar refractivity (Wildman–Crippen MR) is 86.7 cm³/mol. The number of hydrogen-bond donors (Lipinski definition) is 0. The summed E-state index contributed by atoms with van der Waals surface area (Å²) in [7, 11) is 1.70. The fraction of sp³-hybridized carbons (Fsp3) is 0.188. The van der Waals surface area contributed by atoms with E-state index in [1.165, 1.54) is 21.3 Å². The van der Waals surface area contributed by atoms with Crippen LogP contribution >= 0.6 is 27.3 Å². The zero-order valence-electron chi connectivity index (χ0n) is 11.2. The van der Waals surface area contributed by atoms with Gasteiger partial charge in [-0.3, -0.25) is 0 Å². The summed E-state index contributed by atoms with van der Waals surface area (Å²) in [5.41, 5.74) is 6.04. The van der Waals surface area contributed by atoms with Crippen molar-refractivity contribution in [1.82, 2.24) is 0 Å². The molecule has 0 unspecified atom stereocenters. The van der Waals surface area contributed by atoms with E-state index in [-0.39, 0.29) is 0 Å². The van der Waals surface area contributed by atoms with Gasteiger partial charge in [0, 0.05) is 23.0 Å². The summed E-state index contributed by atoms with van der Waals surface area (Å²) in [6.45, 7) is 0.898. The number of alkyl halides is 1. The Bertz CT molecular complexity index is 721. The molecule has 102 valence electrons. The van der Waals surface area contributed by atoms with E-state index in [4.69, 9.17) is 4.74 Å². The molecule has 0 amide bonds. The van der Waals surface area contributed by atoms with Gasteiger partial charge in [-0.1, -0.05) is 51.5 Å². The Morgan fingerprint density at radius 1 is 1.10 bits per heavy atom. The van der Waals surface area contributed by atoms with Crippen molar-refractivity contribution in [3.8, 4) is 5.75 Å². The molecule has 0 saturated carbocycles. The van der Waals surface area contributed by atoms with Crippen LogP contribution in [0.2, 0.25) is 0 Å². The number of aromatic nitrogens is 1. The Balaban J connectivity index is 1.90. The third kappa shape index (κ3) is 2.72. The van der Waals surface area contributed by atoms with Crippen LogP contribution in [0.4, 0.5) is 0 Å². The standard InChI is InChI=1S/C16H15BrNOS/c1-19-14-6-7-15-16(8-14)20-11-18(15)10-13-4-2-12(9-17)3-5-13/h2-8,11H,9-10H2,1H3/q+1. The second kappa shape index (κ2) is 5.94. The van der Waals surface area contributed by atoms with Gasteiger partial charge < -0.3 is 4.74 Å². The number of methoxy groups -OCH3 is 1. The molecule has 20 heavy (non-hydrogen) atoms. The number of nitrogens with zero attached hydrogens (tertiary/aromatic N) is 1. The summed E-state index contributed by atoms with van der Waals surface area (Å²) < 4.78 is 8.80. The SMILES string of the molecule is COc1ccc2c(c1)sc[n+]2Cc1ccc(CBr)cc1. The molecule has 0 radical (unpaired) electrons. The molecule has 2 nitrogen and oxygen atoms in total. The lowest BCUT2D eigenvalue weighted by Gasteiger charge is -2.00. The first-order valence-corrected chi connectivity index (χ1v) is 8.39. The minimum atomic E-state index is 0.898. The number of fused-ring (bicyclic) bond motifs is 1. The van der Waals surface area contributed by atoms with Crippen LogP contribution in [0, 0.1) is 0 Å². The van der Waals surface area contributed by atoms with Crippen LogP contribution in [0.15, 0.2) is 48.0 Å². The zero-order valence-corrected chi connectivity index (χ0v) is 13.6. The molecule has 3 rings (SSSR count). The summed E-state index contributed by atoms with van der Waals surface area (Å²) in [5.74, 6) is 0.910. The van der Waals surface area contributed by atoms with Crippen LogP contribution in [0.3, 0.4) is 0 Å². The number of ether oxygens (including phenoxy) is 1. The Morgan fingerprint density at radius 2 is 1.85 bits per heavy atom. The quantitative estimate of drug-likeness (QED) is 0.510. The third-order valence-electron chi connectivity index (χ3n) is 3.31. The summed E-state index contributed by atoms with van der Waals surface area (Å²) in [6.07, 6.45) is 0. The molecule has 0 spiro atoms. The largest absolute Gasteiger partial charge is 0.497 e. The molecule has 1 heterocycles. The van der Waals surface area contributed by atoms with Gasteiger partial charge in [0.1, 0.15) is 10.4 Å². The molecular weight excluding hydrogens is 334 g/mol. The molecule has 0 N–H and O–H groups in total. The van der Waals surface area contributed by atoms with Gasteiger partial charge in [0.25, 0.3) is 0 Å². The van der Waals surface area contributed by atoms with E-state index in [1.54, 1.807) is 18.4 Å². The van der Waals surface area contributed by atoms with Crippen LogP contribution in [0.25, 0.3) is 10.2 Å². The maximum Gasteiger partial charge on any atom is 0.226 e. The minimum absolute atomic E-state index is 0.898. The Labute approximate surface area is 130 Å². The molecule has 0 aliphatic heterocycles. The van der Waals surface area contributed by atoms with E-state index >= 15 is 0 Å². The number of halogens is 1. The van der Waals surface area contributed by atoms with Crippen molar-refractivity contribution < 1.29 is 9.30 Å². The highest BCUT2D eigenvalue weighted by Crippen LogP contribution is 2.22. The Hall–Kier alpha value is -1.39. The highest BCUT2D eigenvalue weighted by Gasteiger charge is 2.13. The van der Waals surface area contributed by atoms with Crippen molar-refractivity contribution in [1.29, 1.82) is 0 Å². The lowest BCUT2D eigenvalue weighted by Crippen LogP contribution is -2.31. The van der Waals surface area contributed by atoms with E-state index in [0.29, 0.717) is 0 Å². The Kier molecular flexibility index (Phi) is 4.03. The second-order valence-corrected chi connectivity index (χ2v) is 6.08. The smallest absolute Gasteiger partial charge is 0.226 e. The van der Waals surface area contributed by atoms with E-state index in [1.807, 2.05) is 6.07 Å². The number of benzene rings is 2. The summed E-state index contributed by atoms with van der Waals surface area (Å²) >= 11 is 5.22. The molecule has 3 aromatic rings. The minimum Gasteiger partial charge on any atom is -0.497 e. The van der Waals surface area contributed by atoms with E-state index in [9.17, 15) is 0 Å². The van der Waals surface area contributed by atoms with Gasteiger partial charge in [0.2, 0.25) is 11.0 Å². The molecule has 1 aromatic heterocycles. The van der Waals surface area contributed by atoms with E-state index in [2.05, 4.69) is 62.4 Å². The first kappa shape index (κ1) is 13.6. The molecular formula is C16H15BrNOS+. The lowest BCUT2D eigenvalue weighted by molar-refractivity contribution is -0.658. The van der Waals surface area contributed by atoms with Crippen LogP contribution in [0.5, 0.6) is 5.75 Å². The van der Waals surface area contributed by atoms with Crippen molar-refractivity contribution in [2.75, 3.05) is 7.11 Å². The van der Waals surface area contributed by atoms with Crippen LogP contribution in [-0.4, -0.2) is 7.11 Å². The molecule has 0 aliphatic carbocycles. The van der Waals surface area contributed by atoms with Crippen LogP contribution < -0.4 is 9.30 Å². The lowest BCUT2D eigenvalue weighted by atomic mass is 10.1. The third-order valence-corrected chi connectivity index (χ3v) is 4.90. The average Bonchev–Trinajstić information content (AvgIpc) is 2.90. The van der Waals surface area contributed by atoms with Crippen molar-refractivity contribution >= 4 is 37.5 Å². The molecule has 0 atom stereocenters. The molecule has 2 aromatic carbocycles. The van der Waals surface area contributed by atoms with Crippen molar-refractivity contribution in [2.45, 2.75) is 11.9 Å². The topological polar surface area (TPSA) is 13.1 Å². The average molecular weight is 349 g/mol. The first-order chi connectivity index (χ1) is 9.80.